The maximum absolute atomic E-state index is 12.4. The molecule has 1 N–H and O–H groups in total. The Morgan fingerprint density at radius 2 is 2.20 bits per heavy atom. The van der Waals surface area contributed by atoms with Gasteiger partial charge in [-0.3, -0.25) is 14.9 Å². The van der Waals surface area contributed by atoms with Gasteiger partial charge >= 0.3 is 11.2 Å². The molecule has 1 rings (SSSR count). The maximum Gasteiger partial charge on any atom is 0.334 e. The van der Waals surface area contributed by atoms with Crippen molar-refractivity contribution in [2.45, 2.75) is 11.8 Å². The Morgan fingerprint density at radius 3 is 2.60 bits per heavy atom. The summed E-state index contributed by atoms with van der Waals surface area (Å²) >= 11 is 2.90. The van der Waals surface area contributed by atoms with Crippen molar-refractivity contribution < 1.29 is 13.7 Å². The van der Waals surface area contributed by atoms with E-state index in [2.05, 4.69) is 15.9 Å². The number of aromatic amines is 1. The highest BCUT2D eigenvalue weighted by Gasteiger charge is 2.21. The van der Waals surface area contributed by atoms with Crippen molar-refractivity contribution in [2.24, 2.45) is 0 Å². The summed E-state index contributed by atoms with van der Waals surface area (Å²) in [6, 6.07) is 0.597. The van der Waals surface area contributed by atoms with E-state index in [9.17, 15) is 23.7 Å². The Kier molecular flexibility index (Phi) is 3.51. The van der Waals surface area contributed by atoms with Crippen molar-refractivity contribution in [2.75, 3.05) is 0 Å². The van der Waals surface area contributed by atoms with Gasteiger partial charge in [0.25, 0.3) is 6.43 Å². The number of hydrogen-bond donors (Lipinski definition) is 1. The molecule has 1 aromatic rings. The Labute approximate surface area is 90.4 Å². The van der Waals surface area contributed by atoms with Gasteiger partial charge < -0.3 is 4.98 Å². The minimum absolute atomic E-state index is 0.0000916. The van der Waals surface area contributed by atoms with Crippen molar-refractivity contribution in [1.29, 1.82) is 0 Å². The topological polar surface area (TPSA) is 76.0 Å². The number of nitrogens with zero attached hydrogens (tertiary/aromatic N) is 1. The number of halogens is 3. The Balaban J connectivity index is 3.44. The number of nitrogens with one attached hydrogen (secondary N) is 1. The number of pyridine rings is 1. The molecule has 8 heteroatoms. The molecule has 0 amide bonds. The molecule has 15 heavy (non-hydrogen) atoms. The van der Waals surface area contributed by atoms with Gasteiger partial charge in [-0.15, -0.1) is 0 Å². The fourth-order valence-electron chi connectivity index (χ4n) is 1.01. The third kappa shape index (κ3) is 2.38. The summed E-state index contributed by atoms with van der Waals surface area (Å²) in [7, 11) is 0. The molecule has 0 radical (unpaired) electrons. The molecule has 0 unspecified atom stereocenters. The Hall–Kier alpha value is -1.31. The first-order chi connectivity index (χ1) is 6.97. The highest BCUT2D eigenvalue weighted by atomic mass is 79.9. The molecule has 1 aromatic heterocycles. The first kappa shape index (κ1) is 11.8. The van der Waals surface area contributed by atoms with Gasteiger partial charge in [0.1, 0.15) is 0 Å². The molecule has 0 aliphatic carbocycles. The minimum Gasteiger partial charge on any atom is -0.319 e. The van der Waals surface area contributed by atoms with Crippen molar-refractivity contribution in [3.8, 4) is 0 Å². The second-order valence-corrected chi connectivity index (χ2v) is 3.17. The molecule has 0 aromatic carbocycles. The van der Waals surface area contributed by atoms with E-state index in [0.29, 0.717) is 6.07 Å². The number of rotatable bonds is 3. The van der Waals surface area contributed by atoms with E-state index < -0.39 is 28.2 Å². The molecule has 5 nitrogen and oxygen atoms in total. The number of hydrogen-bond acceptors (Lipinski definition) is 3. The number of nitro groups is 1. The molecule has 82 valence electrons. The third-order valence-electron chi connectivity index (χ3n) is 1.70. The monoisotopic (exact) mass is 282 g/mol. The number of aromatic nitrogens is 1. The lowest BCUT2D eigenvalue weighted by atomic mass is 10.2. The van der Waals surface area contributed by atoms with Crippen LogP contribution in [0.5, 0.6) is 0 Å². The van der Waals surface area contributed by atoms with Gasteiger partial charge in [-0.1, -0.05) is 15.9 Å². The highest BCUT2D eigenvalue weighted by molar-refractivity contribution is 9.08. The summed E-state index contributed by atoms with van der Waals surface area (Å²) in [6.07, 6.45) is -2.87. The number of alkyl halides is 3. The normalized spacial score (nSPS) is 10.7. The molecule has 0 atom stereocenters. The van der Waals surface area contributed by atoms with Crippen LogP contribution in [0.1, 0.15) is 17.7 Å². The molecular formula is C7H5BrF2N2O3. The maximum atomic E-state index is 12.4. The average molecular weight is 283 g/mol. The van der Waals surface area contributed by atoms with Crippen LogP contribution >= 0.6 is 15.9 Å². The highest BCUT2D eigenvalue weighted by Crippen LogP contribution is 2.24. The SMILES string of the molecule is O=c1[nH]c(CBr)c(C(F)F)cc1[N+](=O)[O-]. The molecule has 0 saturated heterocycles. The van der Waals surface area contributed by atoms with Crippen LogP contribution in [-0.4, -0.2) is 9.91 Å². The van der Waals surface area contributed by atoms with E-state index in [0.717, 1.165) is 0 Å². The average Bonchev–Trinajstić information content (AvgIpc) is 2.16. The van der Waals surface area contributed by atoms with Crippen molar-refractivity contribution in [1.82, 2.24) is 4.98 Å². The van der Waals surface area contributed by atoms with Crippen molar-refractivity contribution in [3.05, 3.63) is 37.8 Å². The fourth-order valence-corrected chi connectivity index (χ4v) is 1.48. The molecule has 0 spiro atoms. The van der Waals surface area contributed by atoms with Gasteiger partial charge in [0.2, 0.25) is 0 Å². The van der Waals surface area contributed by atoms with Gasteiger partial charge in [-0.25, -0.2) is 8.78 Å². The number of H-pyrrole nitrogens is 1. The molecule has 0 saturated carbocycles. The Bertz CT molecular complexity index is 446. The lowest BCUT2D eigenvalue weighted by molar-refractivity contribution is -0.386. The molecule has 0 aliphatic rings. The second-order valence-electron chi connectivity index (χ2n) is 2.61. The quantitative estimate of drug-likeness (QED) is 0.524. The summed E-state index contributed by atoms with van der Waals surface area (Å²) in [6.45, 7) is 0. The van der Waals surface area contributed by atoms with Crippen LogP contribution in [-0.2, 0) is 5.33 Å². The van der Waals surface area contributed by atoms with Crippen LogP contribution in [0.3, 0.4) is 0 Å². The summed E-state index contributed by atoms with van der Waals surface area (Å²) in [5, 5.41) is 10.3. The Morgan fingerprint density at radius 1 is 1.60 bits per heavy atom. The zero-order valence-corrected chi connectivity index (χ0v) is 8.75. The standard InChI is InChI=1S/C7H5BrF2N2O3/c8-2-4-3(6(9)10)1-5(12(14)15)7(13)11-4/h1,6H,2H2,(H,11,13). The van der Waals surface area contributed by atoms with E-state index in [1.165, 1.54) is 0 Å². The minimum atomic E-state index is -2.87. The molecule has 0 bridgehead atoms. The van der Waals surface area contributed by atoms with E-state index in [-0.39, 0.29) is 11.0 Å². The molecule has 1 heterocycles. The van der Waals surface area contributed by atoms with Gasteiger partial charge in [-0.2, -0.15) is 0 Å². The van der Waals surface area contributed by atoms with Crippen LogP contribution < -0.4 is 5.56 Å². The first-order valence-corrected chi connectivity index (χ1v) is 4.84. The third-order valence-corrected chi connectivity index (χ3v) is 2.26. The second kappa shape index (κ2) is 4.47. The van der Waals surface area contributed by atoms with E-state index >= 15 is 0 Å². The van der Waals surface area contributed by atoms with Gasteiger partial charge in [0, 0.05) is 22.7 Å². The van der Waals surface area contributed by atoms with Crippen molar-refractivity contribution in [3.63, 3.8) is 0 Å². The van der Waals surface area contributed by atoms with Gasteiger partial charge in [0.15, 0.2) is 0 Å². The van der Waals surface area contributed by atoms with Gasteiger partial charge in [0.05, 0.1) is 4.92 Å². The van der Waals surface area contributed by atoms with Crippen LogP contribution in [0.2, 0.25) is 0 Å². The first-order valence-electron chi connectivity index (χ1n) is 3.72. The van der Waals surface area contributed by atoms with Crippen molar-refractivity contribution >= 4 is 21.6 Å². The molecular weight excluding hydrogens is 278 g/mol. The summed E-state index contributed by atoms with van der Waals surface area (Å²) in [5.41, 5.74) is -2.47. The zero-order valence-electron chi connectivity index (χ0n) is 7.17. The summed E-state index contributed by atoms with van der Waals surface area (Å²) in [4.78, 5) is 22.4. The zero-order chi connectivity index (χ0) is 11.6. The fraction of sp³-hybridized carbons (Fsp3) is 0.286. The van der Waals surface area contributed by atoms with Crippen LogP contribution in [0, 0.1) is 10.1 Å². The lowest BCUT2D eigenvalue weighted by Gasteiger charge is -2.04. The molecule has 0 aliphatic heterocycles. The molecule has 0 fully saturated rings. The van der Waals surface area contributed by atoms with Crippen LogP contribution in [0.25, 0.3) is 0 Å². The predicted octanol–water partition coefficient (Wildman–Crippen LogP) is 2.12. The van der Waals surface area contributed by atoms with E-state index in [1.54, 1.807) is 0 Å². The summed E-state index contributed by atoms with van der Waals surface area (Å²) in [5.74, 6) is 0. The van der Waals surface area contributed by atoms with Crippen LogP contribution in [0.4, 0.5) is 14.5 Å². The van der Waals surface area contributed by atoms with Gasteiger partial charge in [-0.05, 0) is 0 Å². The summed E-state index contributed by atoms with van der Waals surface area (Å²) < 4.78 is 24.8. The smallest absolute Gasteiger partial charge is 0.319 e. The van der Waals surface area contributed by atoms with E-state index in [4.69, 9.17) is 0 Å². The lowest BCUT2D eigenvalue weighted by Crippen LogP contribution is -2.15. The predicted molar refractivity (Wildman–Crippen MR) is 51.3 cm³/mol. The van der Waals surface area contributed by atoms with Crippen LogP contribution in [0.15, 0.2) is 10.9 Å². The van der Waals surface area contributed by atoms with E-state index in [1.807, 2.05) is 4.98 Å². The largest absolute Gasteiger partial charge is 0.334 e.